The molecule has 0 aliphatic heterocycles. The van der Waals surface area contributed by atoms with E-state index in [1.807, 2.05) is 0 Å². The first kappa shape index (κ1) is 42.0. The molecule has 9 heteroatoms. The fourth-order valence-electron chi connectivity index (χ4n) is 5.20. The lowest BCUT2D eigenvalue weighted by molar-refractivity contribution is -0.161. The van der Waals surface area contributed by atoms with E-state index in [1.54, 1.807) is 0 Å². The molecule has 0 heterocycles. The molecule has 0 bridgehead atoms. The Hall–Kier alpha value is -0.950. The molecule has 1 atom stereocenters. The van der Waals surface area contributed by atoms with Crippen LogP contribution in [-0.4, -0.2) is 41.0 Å². The quantitative estimate of drug-likeness (QED) is 0.0416. The van der Waals surface area contributed by atoms with Crippen molar-refractivity contribution in [3.05, 3.63) is 0 Å². The molecule has 0 aromatic rings. The Morgan fingerprint density at radius 2 is 0.837 bits per heavy atom. The molecule has 0 aliphatic rings. The second-order valence-electron chi connectivity index (χ2n) is 12.2. The van der Waals surface area contributed by atoms with Crippen LogP contribution in [0.1, 0.15) is 187 Å². The van der Waals surface area contributed by atoms with Gasteiger partial charge in [-0.3, -0.25) is 14.1 Å². The van der Waals surface area contributed by atoms with Crippen LogP contribution in [0, 0.1) is 0 Å². The molecule has 0 aliphatic carbocycles. The van der Waals surface area contributed by atoms with Gasteiger partial charge in [-0.2, -0.15) is 0 Å². The minimum atomic E-state index is -4.73. The number of phosphoric ester groups is 1. The van der Waals surface area contributed by atoms with Crippen molar-refractivity contribution in [2.75, 3.05) is 13.2 Å². The van der Waals surface area contributed by atoms with Gasteiger partial charge in [-0.1, -0.05) is 162 Å². The van der Waals surface area contributed by atoms with Gasteiger partial charge in [-0.05, 0) is 12.8 Å². The molecule has 0 radical (unpaired) electrons. The molecular formula is C34H67O8P. The van der Waals surface area contributed by atoms with Crippen molar-refractivity contribution < 1.29 is 37.9 Å². The Bertz CT molecular complexity index is 681. The van der Waals surface area contributed by atoms with E-state index in [0.717, 1.165) is 32.1 Å². The predicted molar refractivity (Wildman–Crippen MR) is 175 cm³/mol. The van der Waals surface area contributed by atoms with Crippen molar-refractivity contribution in [2.24, 2.45) is 0 Å². The number of hydrogen-bond acceptors (Lipinski definition) is 6. The Morgan fingerprint density at radius 3 is 1.19 bits per heavy atom. The summed E-state index contributed by atoms with van der Waals surface area (Å²) in [6, 6.07) is 0. The third-order valence-corrected chi connectivity index (χ3v) is 8.36. The van der Waals surface area contributed by atoms with Crippen LogP contribution in [0.15, 0.2) is 0 Å². The maximum absolute atomic E-state index is 12.3. The van der Waals surface area contributed by atoms with E-state index in [0.29, 0.717) is 6.42 Å². The van der Waals surface area contributed by atoms with Gasteiger partial charge in [0, 0.05) is 12.8 Å². The Balaban J connectivity index is 3.85. The summed E-state index contributed by atoms with van der Waals surface area (Å²) in [6.45, 7) is 3.63. The number of carbonyl (C=O) groups excluding carboxylic acids is 2. The molecular weight excluding hydrogens is 567 g/mol. The van der Waals surface area contributed by atoms with Crippen LogP contribution >= 0.6 is 7.82 Å². The molecule has 2 N–H and O–H groups in total. The zero-order chi connectivity index (χ0) is 31.9. The van der Waals surface area contributed by atoms with Crippen LogP contribution in [0.5, 0.6) is 0 Å². The second-order valence-corrected chi connectivity index (χ2v) is 13.5. The summed E-state index contributed by atoms with van der Waals surface area (Å²) >= 11 is 0. The summed E-state index contributed by atoms with van der Waals surface area (Å²) in [5.74, 6) is -0.881. The van der Waals surface area contributed by atoms with Crippen LogP contribution in [0.4, 0.5) is 0 Å². The minimum Gasteiger partial charge on any atom is -0.462 e. The van der Waals surface area contributed by atoms with Crippen LogP contribution in [0.2, 0.25) is 0 Å². The van der Waals surface area contributed by atoms with E-state index in [2.05, 4.69) is 18.4 Å². The van der Waals surface area contributed by atoms with Gasteiger partial charge in [0.1, 0.15) is 6.61 Å². The Morgan fingerprint density at radius 1 is 0.512 bits per heavy atom. The monoisotopic (exact) mass is 634 g/mol. The topological polar surface area (TPSA) is 119 Å². The maximum Gasteiger partial charge on any atom is 0.469 e. The first-order valence-electron chi connectivity index (χ1n) is 17.8. The largest absolute Gasteiger partial charge is 0.469 e. The molecule has 0 amide bonds. The predicted octanol–water partition coefficient (Wildman–Crippen LogP) is 10.1. The summed E-state index contributed by atoms with van der Waals surface area (Å²) in [7, 11) is -4.73. The molecule has 0 spiro atoms. The minimum absolute atomic E-state index is 0.219. The first-order valence-corrected chi connectivity index (χ1v) is 19.4. The SMILES string of the molecule is CCCCCCCCCCCCCCCCCCCCC(=O)O[C@H](COC(=O)CCCCCCCCC)COP(=O)(O)O. The van der Waals surface area contributed by atoms with E-state index in [-0.39, 0.29) is 19.4 Å². The van der Waals surface area contributed by atoms with Gasteiger partial charge in [0.2, 0.25) is 0 Å². The maximum atomic E-state index is 12.3. The van der Waals surface area contributed by atoms with Crippen molar-refractivity contribution in [3.8, 4) is 0 Å². The van der Waals surface area contributed by atoms with Crippen LogP contribution < -0.4 is 0 Å². The van der Waals surface area contributed by atoms with Crippen LogP contribution in [0.25, 0.3) is 0 Å². The van der Waals surface area contributed by atoms with Crippen LogP contribution in [-0.2, 0) is 28.2 Å². The van der Waals surface area contributed by atoms with Gasteiger partial charge < -0.3 is 19.3 Å². The number of rotatable bonds is 33. The number of unbranched alkanes of at least 4 members (excludes halogenated alkanes) is 23. The van der Waals surface area contributed by atoms with E-state index in [1.165, 1.54) is 122 Å². The molecule has 256 valence electrons. The summed E-state index contributed by atoms with van der Waals surface area (Å²) in [6.07, 6.45) is 29.9. The highest BCUT2D eigenvalue weighted by Gasteiger charge is 2.22. The molecule has 0 aromatic heterocycles. The van der Waals surface area contributed by atoms with E-state index in [9.17, 15) is 14.2 Å². The van der Waals surface area contributed by atoms with Crippen molar-refractivity contribution in [2.45, 2.75) is 193 Å². The third kappa shape index (κ3) is 33.8. The lowest BCUT2D eigenvalue weighted by Crippen LogP contribution is -2.29. The zero-order valence-electron chi connectivity index (χ0n) is 27.9. The summed E-state index contributed by atoms with van der Waals surface area (Å²) < 4.78 is 26.1. The molecule has 0 aromatic carbocycles. The number of carbonyl (C=O) groups is 2. The van der Waals surface area contributed by atoms with Gasteiger partial charge in [0.15, 0.2) is 6.10 Å². The third-order valence-electron chi connectivity index (χ3n) is 7.88. The standard InChI is InChI=1S/C34H67O8P/c1-3-5-7-9-11-12-13-14-15-16-17-18-19-20-21-23-25-27-29-34(36)42-32(31-41-43(37,38)39)30-40-33(35)28-26-24-22-10-8-6-4-2/h32H,3-31H2,1-2H3,(H2,37,38,39)/t32-/m1/s1. The average molecular weight is 635 g/mol. The smallest absolute Gasteiger partial charge is 0.462 e. The van der Waals surface area contributed by atoms with E-state index >= 15 is 0 Å². The fourth-order valence-corrected chi connectivity index (χ4v) is 5.56. The van der Waals surface area contributed by atoms with Crippen molar-refractivity contribution in [3.63, 3.8) is 0 Å². The average Bonchev–Trinajstić information content (AvgIpc) is 2.97. The molecule has 0 fully saturated rings. The number of phosphoric acid groups is 1. The normalized spacial score (nSPS) is 12.4. The molecule has 0 rings (SSSR count). The second kappa shape index (κ2) is 31.0. The first-order chi connectivity index (χ1) is 20.8. The van der Waals surface area contributed by atoms with Crippen molar-refractivity contribution in [1.82, 2.24) is 0 Å². The van der Waals surface area contributed by atoms with Crippen LogP contribution in [0.3, 0.4) is 0 Å². The number of esters is 2. The highest BCUT2D eigenvalue weighted by atomic mass is 31.2. The Labute approximate surface area is 264 Å². The lowest BCUT2D eigenvalue weighted by atomic mass is 10.0. The highest BCUT2D eigenvalue weighted by molar-refractivity contribution is 7.46. The van der Waals surface area contributed by atoms with Gasteiger partial charge in [0.25, 0.3) is 0 Å². The number of hydrogen-bond donors (Lipinski definition) is 2. The van der Waals surface area contributed by atoms with E-state index in [4.69, 9.17) is 19.3 Å². The number of ether oxygens (including phenoxy) is 2. The molecule has 0 saturated heterocycles. The summed E-state index contributed by atoms with van der Waals surface area (Å²) in [4.78, 5) is 42.4. The lowest BCUT2D eigenvalue weighted by Gasteiger charge is -2.18. The van der Waals surface area contributed by atoms with Gasteiger partial charge in [0.05, 0.1) is 6.61 Å². The Kier molecular flexibility index (Phi) is 30.4. The molecule has 43 heavy (non-hydrogen) atoms. The van der Waals surface area contributed by atoms with Gasteiger partial charge in [-0.25, -0.2) is 4.57 Å². The van der Waals surface area contributed by atoms with E-state index < -0.39 is 32.5 Å². The summed E-state index contributed by atoms with van der Waals surface area (Å²) in [5.41, 5.74) is 0. The van der Waals surface area contributed by atoms with Crippen molar-refractivity contribution in [1.29, 1.82) is 0 Å². The van der Waals surface area contributed by atoms with Gasteiger partial charge >= 0.3 is 19.8 Å². The molecule has 8 nitrogen and oxygen atoms in total. The summed E-state index contributed by atoms with van der Waals surface area (Å²) in [5, 5.41) is 0. The highest BCUT2D eigenvalue weighted by Crippen LogP contribution is 2.36. The molecule has 0 unspecified atom stereocenters. The molecule has 0 saturated carbocycles. The van der Waals surface area contributed by atoms with Crippen molar-refractivity contribution >= 4 is 19.8 Å². The van der Waals surface area contributed by atoms with Gasteiger partial charge in [-0.15, -0.1) is 0 Å². The fraction of sp³-hybridized carbons (Fsp3) is 0.941. The zero-order valence-corrected chi connectivity index (χ0v) is 28.8.